The Morgan fingerprint density at radius 3 is 2.64 bits per heavy atom. The second-order valence-corrected chi connectivity index (χ2v) is 7.39. The molecule has 0 aliphatic heterocycles. The first kappa shape index (κ1) is 17.0. The average Bonchev–Trinajstić information content (AvgIpc) is 2.97. The normalized spacial score (nSPS) is 11.4. The van der Waals surface area contributed by atoms with Crippen LogP contribution in [-0.4, -0.2) is 25.6 Å². The van der Waals surface area contributed by atoms with Crippen molar-refractivity contribution < 1.29 is 17.6 Å². The zero-order valence-corrected chi connectivity index (χ0v) is 14.2. The number of carbonyl (C=O) groups excluding carboxylic acids is 1. The zero-order valence-electron chi connectivity index (χ0n) is 13.3. The summed E-state index contributed by atoms with van der Waals surface area (Å²) in [5.74, 6) is -0.774. The minimum absolute atomic E-state index is 0.204. The van der Waals surface area contributed by atoms with Gasteiger partial charge in [0.2, 0.25) is 10.0 Å². The number of anilines is 1. The predicted molar refractivity (Wildman–Crippen MR) is 94.3 cm³/mol. The van der Waals surface area contributed by atoms with Crippen molar-refractivity contribution in [3.63, 3.8) is 0 Å². The summed E-state index contributed by atoms with van der Waals surface area (Å²) in [6, 6.07) is 12.7. The van der Waals surface area contributed by atoms with Crippen molar-refractivity contribution in [3.05, 3.63) is 65.6 Å². The molecule has 0 aliphatic carbocycles. The first-order valence-electron chi connectivity index (χ1n) is 7.44. The molecule has 6 nitrogen and oxygen atoms in total. The fourth-order valence-corrected chi connectivity index (χ4v) is 3.03. The summed E-state index contributed by atoms with van der Waals surface area (Å²) in [5.41, 5.74) is 1.95. The van der Waals surface area contributed by atoms with Crippen LogP contribution in [0.4, 0.5) is 10.1 Å². The van der Waals surface area contributed by atoms with Crippen LogP contribution in [0.3, 0.4) is 0 Å². The highest BCUT2D eigenvalue weighted by atomic mass is 32.2. The van der Waals surface area contributed by atoms with Crippen LogP contribution < -0.4 is 10.0 Å². The molecule has 0 atom stereocenters. The molecule has 0 fully saturated rings. The molecule has 1 amide bonds. The molecule has 2 aromatic carbocycles. The van der Waals surface area contributed by atoms with Gasteiger partial charge < -0.3 is 10.3 Å². The number of sulfonamides is 1. The Labute approximate surface area is 144 Å². The fraction of sp³-hybridized carbons (Fsp3) is 0.118. The van der Waals surface area contributed by atoms with Gasteiger partial charge in [-0.3, -0.25) is 9.52 Å². The lowest BCUT2D eigenvalue weighted by molar-refractivity contribution is 0.0946. The lowest BCUT2D eigenvalue weighted by atomic mass is 10.2. The van der Waals surface area contributed by atoms with Gasteiger partial charge in [0.25, 0.3) is 5.91 Å². The van der Waals surface area contributed by atoms with E-state index in [1.54, 1.807) is 36.4 Å². The molecule has 0 bridgehead atoms. The van der Waals surface area contributed by atoms with E-state index >= 15 is 0 Å². The molecule has 25 heavy (non-hydrogen) atoms. The van der Waals surface area contributed by atoms with Gasteiger partial charge in [-0.25, -0.2) is 12.8 Å². The van der Waals surface area contributed by atoms with Gasteiger partial charge in [-0.15, -0.1) is 0 Å². The van der Waals surface area contributed by atoms with Gasteiger partial charge in [0.15, 0.2) is 0 Å². The van der Waals surface area contributed by atoms with Gasteiger partial charge in [0.1, 0.15) is 11.5 Å². The first-order valence-corrected chi connectivity index (χ1v) is 9.33. The molecule has 0 unspecified atom stereocenters. The minimum Gasteiger partial charge on any atom is -0.350 e. The molecule has 8 heteroatoms. The van der Waals surface area contributed by atoms with E-state index < -0.39 is 15.8 Å². The maximum Gasteiger partial charge on any atom is 0.267 e. The molecule has 3 N–H and O–H groups in total. The molecule has 1 heterocycles. The maximum absolute atomic E-state index is 13.7. The number of aromatic amines is 1. The zero-order chi connectivity index (χ0) is 18.0. The smallest absolute Gasteiger partial charge is 0.267 e. The highest BCUT2D eigenvalue weighted by molar-refractivity contribution is 7.92. The van der Waals surface area contributed by atoms with Crippen LogP contribution in [0.1, 0.15) is 16.1 Å². The van der Waals surface area contributed by atoms with Crippen LogP contribution in [0.25, 0.3) is 10.9 Å². The largest absolute Gasteiger partial charge is 0.350 e. The van der Waals surface area contributed by atoms with Gasteiger partial charge in [-0.1, -0.05) is 18.2 Å². The van der Waals surface area contributed by atoms with Gasteiger partial charge in [-0.05, 0) is 35.9 Å². The van der Waals surface area contributed by atoms with Gasteiger partial charge in [0, 0.05) is 23.1 Å². The number of aromatic nitrogens is 1. The molecule has 3 rings (SSSR count). The predicted octanol–water partition coefficient (Wildman–Crippen LogP) is 2.61. The number of hydrogen-bond acceptors (Lipinski definition) is 3. The minimum atomic E-state index is -3.36. The number of carbonyl (C=O) groups is 1. The summed E-state index contributed by atoms with van der Waals surface area (Å²) >= 11 is 0. The van der Waals surface area contributed by atoms with E-state index in [1.165, 1.54) is 12.1 Å². The molecule has 0 saturated heterocycles. The highest BCUT2D eigenvalue weighted by Gasteiger charge is 2.11. The number of benzene rings is 2. The summed E-state index contributed by atoms with van der Waals surface area (Å²) in [7, 11) is -3.36. The van der Waals surface area contributed by atoms with E-state index in [2.05, 4.69) is 15.0 Å². The van der Waals surface area contributed by atoms with Crippen LogP contribution in [0.2, 0.25) is 0 Å². The monoisotopic (exact) mass is 361 g/mol. The number of halogens is 1. The van der Waals surface area contributed by atoms with Crippen molar-refractivity contribution in [1.82, 2.24) is 10.3 Å². The van der Waals surface area contributed by atoms with E-state index in [-0.39, 0.29) is 18.1 Å². The van der Waals surface area contributed by atoms with E-state index in [9.17, 15) is 17.6 Å². The van der Waals surface area contributed by atoms with Crippen LogP contribution in [0, 0.1) is 5.82 Å². The summed E-state index contributed by atoms with van der Waals surface area (Å²) in [4.78, 5) is 15.1. The average molecular weight is 361 g/mol. The number of amides is 1. The van der Waals surface area contributed by atoms with Crippen molar-refractivity contribution in [1.29, 1.82) is 0 Å². The topological polar surface area (TPSA) is 91.1 Å². The first-order chi connectivity index (χ1) is 11.8. The quantitative estimate of drug-likeness (QED) is 0.652. The molecule has 3 aromatic rings. The van der Waals surface area contributed by atoms with Gasteiger partial charge in [0.05, 0.1) is 6.26 Å². The summed E-state index contributed by atoms with van der Waals surface area (Å²) in [6.07, 6.45) is 1.07. The van der Waals surface area contributed by atoms with Crippen molar-refractivity contribution in [3.8, 4) is 0 Å². The fourth-order valence-electron chi connectivity index (χ4n) is 2.48. The van der Waals surface area contributed by atoms with Crippen LogP contribution in [-0.2, 0) is 16.6 Å². The standard InChI is InChI=1S/C17H16FN3O3S/c1-25(23,24)21-12-5-2-4-11(8-12)10-19-17(22)16-9-13-14(18)6-3-7-15(13)20-16/h2-9,20-21H,10H2,1H3,(H,19,22). The van der Waals surface area contributed by atoms with Crippen molar-refractivity contribution >= 4 is 32.5 Å². The molecule has 0 saturated carbocycles. The van der Waals surface area contributed by atoms with Crippen LogP contribution >= 0.6 is 0 Å². The number of fused-ring (bicyclic) bond motifs is 1. The third-order valence-corrected chi connectivity index (χ3v) is 4.15. The SMILES string of the molecule is CS(=O)(=O)Nc1cccc(CNC(=O)c2cc3c(F)cccc3[nH]2)c1. The Morgan fingerprint density at radius 1 is 1.16 bits per heavy atom. The molecule has 130 valence electrons. The maximum atomic E-state index is 13.7. The Kier molecular flexibility index (Phi) is 4.45. The summed E-state index contributed by atoms with van der Waals surface area (Å²) in [6.45, 7) is 0.204. The van der Waals surface area contributed by atoms with Crippen molar-refractivity contribution in [2.24, 2.45) is 0 Å². The van der Waals surface area contributed by atoms with Crippen LogP contribution in [0.15, 0.2) is 48.5 Å². The van der Waals surface area contributed by atoms with Crippen molar-refractivity contribution in [2.45, 2.75) is 6.54 Å². The highest BCUT2D eigenvalue weighted by Crippen LogP contribution is 2.18. The lowest BCUT2D eigenvalue weighted by Gasteiger charge is -2.07. The van der Waals surface area contributed by atoms with E-state index in [0.29, 0.717) is 16.6 Å². The Morgan fingerprint density at radius 2 is 1.92 bits per heavy atom. The van der Waals surface area contributed by atoms with Gasteiger partial charge in [-0.2, -0.15) is 0 Å². The Bertz CT molecular complexity index is 1040. The second-order valence-electron chi connectivity index (χ2n) is 5.64. The number of rotatable bonds is 5. The van der Waals surface area contributed by atoms with Crippen molar-refractivity contribution in [2.75, 3.05) is 11.0 Å². The van der Waals surface area contributed by atoms with Gasteiger partial charge >= 0.3 is 0 Å². The summed E-state index contributed by atoms with van der Waals surface area (Å²) < 4.78 is 38.6. The summed E-state index contributed by atoms with van der Waals surface area (Å²) in [5, 5.41) is 3.07. The lowest BCUT2D eigenvalue weighted by Crippen LogP contribution is -2.23. The molecule has 0 aliphatic rings. The Balaban J connectivity index is 1.71. The molecular formula is C17H16FN3O3S. The number of hydrogen-bond donors (Lipinski definition) is 3. The molecule has 0 spiro atoms. The second kappa shape index (κ2) is 6.56. The number of H-pyrrole nitrogens is 1. The third-order valence-electron chi connectivity index (χ3n) is 3.54. The Hall–Kier alpha value is -2.87. The van der Waals surface area contributed by atoms with Crippen LogP contribution in [0.5, 0.6) is 0 Å². The van der Waals surface area contributed by atoms with E-state index in [0.717, 1.165) is 11.8 Å². The molecule has 1 aromatic heterocycles. The molecule has 0 radical (unpaired) electrons. The van der Waals surface area contributed by atoms with E-state index in [4.69, 9.17) is 0 Å². The number of nitrogens with one attached hydrogen (secondary N) is 3. The third kappa shape index (κ3) is 4.16. The van der Waals surface area contributed by atoms with E-state index in [1.807, 2.05) is 0 Å². The molecular weight excluding hydrogens is 345 g/mol.